The van der Waals surface area contributed by atoms with E-state index in [1.165, 1.54) is 15.9 Å². The molecule has 212 valence electrons. The molecule has 10 heteroatoms. The zero-order chi connectivity index (χ0) is 29.1. The minimum absolute atomic E-state index is 0.152. The molecule has 1 aliphatic rings. The Labute approximate surface area is 253 Å². The average Bonchev–Trinajstić information content (AvgIpc) is 3.45. The van der Waals surface area contributed by atoms with Gasteiger partial charge in [0, 0.05) is 48.2 Å². The van der Waals surface area contributed by atoms with E-state index in [0.717, 1.165) is 11.1 Å². The Morgan fingerprint density at radius 1 is 1.10 bits per heavy atom. The lowest BCUT2D eigenvalue weighted by molar-refractivity contribution is 0.0735. The number of allylic oxidation sites excluding steroid dienone is 1. The summed E-state index contributed by atoms with van der Waals surface area (Å²) in [7, 11) is 0. The minimum atomic E-state index is -0.332. The van der Waals surface area contributed by atoms with E-state index in [4.69, 9.17) is 32.9 Å². The van der Waals surface area contributed by atoms with Gasteiger partial charge in [-0.2, -0.15) is 0 Å². The van der Waals surface area contributed by atoms with Crippen LogP contribution in [0.1, 0.15) is 36.8 Å². The third-order valence-corrected chi connectivity index (χ3v) is 8.09. The summed E-state index contributed by atoms with van der Waals surface area (Å²) in [6, 6.07) is 14.3. The van der Waals surface area contributed by atoms with Gasteiger partial charge in [0.1, 0.15) is 10.8 Å². The van der Waals surface area contributed by atoms with Crippen molar-refractivity contribution >= 4 is 46.5 Å². The standard InChI is InChI=1S/C31H30Cl2N4O3S/c1-4-40-22-9-10-25(33)28(16-22)37-27(15-19(2)3)23(30(38)36-13-11-34-12-14-36)17-24(31(37)39)29-35-26(18-41-29)20-5-7-21(32)8-6-20/h5-10,15-18,34H,4,11-14H2,1-3H3. The van der Waals surface area contributed by atoms with Gasteiger partial charge in [-0.1, -0.05) is 40.9 Å². The molecular weight excluding hydrogens is 579 g/mol. The smallest absolute Gasteiger partial charge is 0.265 e. The lowest BCUT2D eigenvalue weighted by Gasteiger charge is -2.29. The van der Waals surface area contributed by atoms with Crippen molar-refractivity contribution in [3.05, 3.63) is 91.1 Å². The van der Waals surface area contributed by atoms with Gasteiger partial charge in [0.05, 0.1) is 39.8 Å². The number of hydrogen-bond donors (Lipinski definition) is 1. The number of aromatic nitrogens is 2. The summed E-state index contributed by atoms with van der Waals surface area (Å²) in [6.07, 6.45) is 1.85. The Morgan fingerprint density at radius 2 is 1.83 bits per heavy atom. The topological polar surface area (TPSA) is 76.5 Å². The lowest BCUT2D eigenvalue weighted by atomic mass is 10.0. The zero-order valence-electron chi connectivity index (χ0n) is 23.0. The number of ether oxygens (including phenoxy) is 1. The number of thiazole rings is 1. The van der Waals surface area contributed by atoms with E-state index >= 15 is 0 Å². The van der Waals surface area contributed by atoms with Crippen LogP contribution in [0, 0.1) is 0 Å². The number of nitrogens with one attached hydrogen (secondary N) is 1. The summed E-state index contributed by atoms with van der Waals surface area (Å²) < 4.78 is 7.26. The summed E-state index contributed by atoms with van der Waals surface area (Å²) in [6.45, 7) is 8.75. The number of amides is 1. The molecule has 1 fully saturated rings. The van der Waals surface area contributed by atoms with Gasteiger partial charge in [0.15, 0.2) is 0 Å². The van der Waals surface area contributed by atoms with Crippen molar-refractivity contribution in [1.29, 1.82) is 0 Å². The van der Waals surface area contributed by atoms with Crippen LogP contribution < -0.4 is 15.6 Å². The SMILES string of the molecule is CCOc1ccc(Cl)c(-n2c(C=C(C)C)c(C(=O)N3CCNCC3)cc(-c3nc(-c4ccc(Cl)cc4)cs3)c2=O)c1. The van der Waals surface area contributed by atoms with Crippen molar-refractivity contribution in [2.75, 3.05) is 32.8 Å². The maximum Gasteiger partial charge on any atom is 0.265 e. The summed E-state index contributed by atoms with van der Waals surface area (Å²) in [4.78, 5) is 35.1. The third-order valence-electron chi connectivity index (χ3n) is 6.64. The molecule has 0 radical (unpaired) electrons. The van der Waals surface area contributed by atoms with Gasteiger partial charge in [-0.05, 0) is 57.2 Å². The van der Waals surface area contributed by atoms with Crippen LogP contribution in [-0.4, -0.2) is 53.1 Å². The van der Waals surface area contributed by atoms with Gasteiger partial charge in [-0.25, -0.2) is 4.98 Å². The molecule has 0 unspecified atom stereocenters. The van der Waals surface area contributed by atoms with E-state index in [1.807, 2.05) is 49.3 Å². The van der Waals surface area contributed by atoms with Gasteiger partial charge in [-0.15, -0.1) is 11.3 Å². The maximum atomic E-state index is 14.4. The van der Waals surface area contributed by atoms with Crippen LogP contribution >= 0.6 is 34.5 Å². The molecule has 7 nitrogen and oxygen atoms in total. The Kier molecular flexibility index (Phi) is 8.94. The Morgan fingerprint density at radius 3 is 2.51 bits per heavy atom. The van der Waals surface area contributed by atoms with E-state index in [2.05, 4.69) is 5.32 Å². The predicted octanol–water partition coefficient (Wildman–Crippen LogP) is 6.80. The number of piperazine rings is 1. The van der Waals surface area contributed by atoms with Crippen molar-refractivity contribution in [2.45, 2.75) is 20.8 Å². The Balaban J connectivity index is 1.78. The molecule has 1 amide bonds. The second-order valence-electron chi connectivity index (χ2n) is 9.85. The van der Waals surface area contributed by atoms with Crippen molar-refractivity contribution in [3.63, 3.8) is 0 Å². The molecule has 5 rings (SSSR count). The van der Waals surface area contributed by atoms with Gasteiger partial charge < -0.3 is 15.0 Å². The van der Waals surface area contributed by atoms with Gasteiger partial charge >= 0.3 is 0 Å². The number of nitrogens with zero attached hydrogens (tertiary/aromatic N) is 3. The normalized spacial score (nSPS) is 13.2. The summed E-state index contributed by atoms with van der Waals surface area (Å²) in [5, 5.41) is 6.68. The van der Waals surface area contributed by atoms with Gasteiger partial charge in [0.2, 0.25) is 0 Å². The third kappa shape index (κ3) is 6.26. The lowest BCUT2D eigenvalue weighted by Crippen LogP contribution is -2.47. The molecule has 2 aromatic heterocycles. The fourth-order valence-electron chi connectivity index (χ4n) is 4.72. The highest BCUT2D eigenvalue weighted by Crippen LogP contribution is 2.33. The zero-order valence-corrected chi connectivity index (χ0v) is 25.4. The van der Waals surface area contributed by atoms with Crippen molar-refractivity contribution in [1.82, 2.24) is 19.8 Å². The van der Waals surface area contributed by atoms with Crippen LogP contribution in [0.25, 0.3) is 33.6 Å². The van der Waals surface area contributed by atoms with Crippen LogP contribution in [0.2, 0.25) is 10.0 Å². The van der Waals surface area contributed by atoms with Crippen LogP contribution in [0.4, 0.5) is 0 Å². The molecule has 3 heterocycles. The largest absolute Gasteiger partial charge is 0.494 e. The first-order chi connectivity index (χ1) is 19.8. The molecule has 0 atom stereocenters. The van der Waals surface area contributed by atoms with Gasteiger partial charge in [-0.3, -0.25) is 14.2 Å². The second kappa shape index (κ2) is 12.6. The van der Waals surface area contributed by atoms with Crippen molar-refractivity contribution in [2.24, 2.45) is 0 Å². The highest BCUT2D eigenvalue weighted by molar-refractivity contribution is 7.13. The van der Waals surface area contributed by atoms with E-state index in [9.17, 15) is 9.59 Å². The van der Waals surface area contributed by atoms with Crippen LogP contribution in [0.3, 0.4) is 0 Å². The molecular formula is C31H30Cl2N4O3S. The minimum Gasteiger partial charge on any atom is -0.494 e. The highest BCUT2D eigenvalue weighted by atomic mass is 35.5. The number of benzene rings is 2. The first kappa shape index (κ1) is 29.1. The number of rotatable bonds is 7. The number of halogens is 2. The van der Waals surface area contributed by atoms with E-state index in [1.54, 1.807) is 36.4 Å². The first-order valence-corrected chi connectivity index (χ1v) is 15.0. The van der Waals surface area contributed by atoms with Crippen LogP contribution in [0.5, 0.6) is 5.75 Å². The molecule has 1 aliphatic heterocycles. The summed E-state index contributed by atoms with van der Waals surface area (Å²) in [5.74, 6) is 0.419. The number of carbonyl (C=O) groups is 1. The number of carbonyl (C=O) groups excluding carboxylic acids is 1. The quantitative estimate of drug-likeness (QED) is 0.250. The molecule has 1 saturated heterocycles. The fourth-order valence-corrected chi connectivity index (χ4v) is 5.88. The second-order valence-corrected chi connectivity index (χ2v) is 11.6. The van der Waals surface area contributed by atoms with Crippen molar-refractivity contribution in [3.8, 4) is 33.3 Å². The monoisotopic (exact) mass is 608 g/mol. The number of hydrogen-bond acceptors (Lipinski definition) is 6. The van der Waals surface area contributed by atoms with E-state index in [0.29, 0.717) is 81.8 Å². The fraction of sp³-hybridized carbons (Fsp3) is 0.258. The van der Waals surface area contributed by atoms with Crippen LogP contribution in [-0.2, 0) is 0 Å². The Bertz CT molecular complexity index is 1670. The summed E-state index contributed by atoms with van der Waals surface area (Å²) in [5.41, 5.74) is 3.81. The average molecular weight is 610 g/mol. The molecule has 0 spiro atoms. The van der Waals surface area contributed by atoms with Crippen LogP contribution in [0.15, 0.2) is 64.3 Å². The summed E-state index contributed by atoms with van der Waals surface area (Å²) >= 11 is 14.1. The Hall–Kier alpha value is -3.43. The van der Waals surface area contributed by atoms with E-state index in [-0.39, 0.29) is 11.5 Å². The van der Waals surface area contributed by atoms with Gasteiger partial charge in [0.25, 0.3) is 11.5 Å². The van der Waals surface area contributed by atoms with E-state index < -0.39 is 0 Å². The molecule has 2 aromatic carbocycles. The molecule has 0 saturated carbocycles. The highest BCUT2D eigenvalue weighted by Gasteiger charge is 2.27. The van der Waals surface area contributed by atoms with Crippen molar-refractivity contribution < 1.29 is 9.53 Å². The molecule has 4 aromatic rings. The molecule has 1 N–H and O–H groups in total. The molecule has 41 heavy (non-hydrogen) atoms. The maximum absolute atomic E-state index is 14.4. The predicted molar refractivity (Wildman–Crippen MR) is 168 cm³/mol. The molecule has 0 bridgehead atoms. The first-order valence-electron chi connectivity index (χ1n) is 13.4. The number of pyridine rings is 1. The molecule has 0 aliphatic carbocycles.